The van der Waals surface area contributed by atoms with Crippen molar-refractivity contribution in [3.63, 3.8) is 0 Å². The van der Waals surface area contributed by atoms with E-state index in [-0.39, 0.29) is 22.4 Å². The van der Waals surface area contributed by atoms with E-state index in [1.54, 1.807) is 30.3 Å². The van der Waals surface area contributed by atoms with Crippen molar-refractivity contribution < 1.29 is 14.3 Å². The number of hydrogen-bond donors (Lipinski definition) is 2. The number of carboxylic acids is 1. The Morgan fingerprint density at radius 2 is 1.90 bits per heavy atom. The number of furan rings is 1. The lowest BCUT2D eigenvalue weighted by Crippen LogP contribution is -2.33. The second-order valence-corrected chi connectivity index (χ2v) is 4.45. The third-order valence-corrected chi connectivity index (χ3v) is 3.15. The number of nitrogens with zero attached hydrogens (tertiary/aromatic N) is 1. The number of hydrogen-bond acceptors (Lipinski definition) is 4. The van der Waals surface area contributed by atoms with Crippen molar-refractivity contribution in [2.45, 2.75) is 6.92 Å². The van der Waals surface area contributed by atoms with E-state index in [9.17, 15) is 19.5 Å². The third-order valence-electron chi connectivity index (χ3n) is 3.15. The zero-order chi connectivity index (χ0) is 15.1. The van der Waals surface area contributed by atoms with E-state index in [2.05, 4.69) is 4.98 Å². The van der Waals surface area contributed by atoms with Crippen LogP contribution in [0.2, 0.25) is 0 Å². The molecule has 0 amide bonds. The van der Waals surface area contributed by atoms with Gasteiger partial charge < -0.3 is 9.52 Å². The molecule has 1 aromatic carbocycles. The summed E-state index contributed by atoms with van der Waals surface area (Å²) in [5.74, 6) is -1.22. The van der Waals surface area contributed by atoms with Gasteiger partial charge in [0.2, 0.25) is 5.71 Å². The Hall–Kier alpha value is -3.09. The summed E-state index contributed by atoms with van der Waals surface area (Å²) in [6, 6.07) is 8.24. The lowest BCUT2D eigenvalue weighted by atomic mass is 10.2. The van der Waals surface area contributed by atoms with Gasteiger partial charge in [0.1, 0.15) is 16.7 Å². The van der Waals surface area contributed by atoms with Gasteiger partial charge in [0.05, 0.1) is 5.69 Å². The molecule has 0 saturated carbocycles. The molecule has 0 aliphatic rings. The molecule has 0 spiro atoms. The van der Waals surface area contributed by atoms with Gasteiger partial charge in [0, 0.05) is 0 Å². The third kappa shape index (κ3) is 1.86. The van der Waals surface area contributed by atoms with Gasteiger partial charge in [-0.2, -0.15) is 0 Å². The molecule has 0 aliphatic heterocycles. The molecule has 21 heavy (non-hydrogen) atoms. The normalized spacial score (nSPS) is 10.9. The molecule has 0 radical (unpaired) electrons. The largest absolute Gasteiger partial charge is 0.478 e. The number of para-hydroxylation sites is 1. The fourth-order valence-corrected chi connectivity index (χ4v) is 2.26. The van der Waals surface area contributed by atoms with Gasteiger partial charge in [0.15, 0.2) is 0 Å². The number of H-pyrrole nitrogens is 1. The molecule has 0 fully saturated rings. The van der Waals surface area contributed by atoms with Crippen LogP contribution in [-0.4, -0.2) is 20.6 Å². The van der Waals surface area contributed by atoms with Crippen LogP contribution in [0.25, 0.3) is 16.8 Å². The summed E-state index contributed by atoms with van der Waals surface area (Å²) < 4.78 is 6.04. The predicted molar refractivity (Wildman–Crippen MR) is 74.1 cm³/mol. The Labute approximate surface area is 117 Å². The minimum atomic E-state index is -1.28. The number of carboxylic acid groups (broad SMARTS) is 1. The fourth-order valence-electron chi connectivity index (χ4n) is 2.26. The summed E-state index contributed by atoms with van der Waals surface area (Å²) >= 11 is 0. The molecular weight excluding hydrogens is 276 g/mol. The van der Waals surface area contributed by atoms with Crippen molar-refractivity contribution in [1.29, 1.82) is 0 Å². The molecule has 3 rings (SSSR count). The number of aryl methyl sites for hydroxylation is 1. The molecule has 2 N–H and O–H groups in total. The van der Waals surface area contributed by atoms with Crippen LogP contribution in [0.1, 0.15) is 16.1 Å². The number of aromatic amines is 1. The molecular formula is C14H10N2O5. The average Bonchev–Trinajstić information content (AvgIpc) is 2.76. The van der Waals surface area contributed by atoms with Gasteiger partial charge in [-0.1, -0.05) is 18.2 Å². The van der Waals surface area contributed by atoms with Crippen molar-refractivity contribution in [2.24, 2.45) is 0 Å². The maximum atomic E-state index is 12.5. The highest BCUT2D eigenvalue weighted by Gasteiger charge is 2.23. The van der Waals surface area contributed by atoms with Crippen LogP contribution in [0.3, 0.4) is 0 Å². The van der Waals surface area contributed by atoms with Crippen molar-refractivity contribution in [2.75, 3.05) is 0 Å². The molecule has 0 aliphatic carbocycles. The van der Waals surface area contributed by atoms with Crippen LogP contribution >= 0.6 is 0 Å². The van der Waals surface area contributed by atoms with Gasteiger partial charge in [-0.05, 0) is 19.1 Å². The van der Waals surface area contributed by atoms with Crippen LogP contribution in [-0.2, 0) is 0 Å². The van der Waals surface area contributed by atoms with E-state index in [1.807, 2.05) is 0 Å². The number of aromatic carboxylic acids is 1. The van der Waals surface area contributed by atoms with Crippen LogP contribution in [0.4, 0.5) is 0 Å². The van der Waals surface area contributed by atoms with E-state index < -0.39 is 17.2 Å². The Morgan fingerprint density at radius 3 is 2.52 bits per heavy atom. The summed E-state index contributed by atoms with van der Waals surface area (Å²) in [4.78, 5) is 38.2. The van der Waals surface area contributed by atoms with Crippen molar-refractivity contribution in [1.82, 2.24) is 9.55 Å². The summed E-state index contributed by atoms with van der Waals surface area (Å²) in [5.41, 5.74) is -1.44. The Bertz CT molecular complexity index is 963. The number of carbonyl (C=O) groups is 1. The Kier molecular flexibility index (Phi) is 2.76. The smallest absolute Gasteiger partial charge is 0.340 e. The highest BCUT2D eigenvalue weighted by molar-refractivity contribution is 6.02. The summed E-state index contributed by atoms with van der Waals surface area (Å²) in [7, 11) is 0. The van der Waals surface area contributed by atoms with E-state index in [0.29, 0.717) is 5.69 Å². The molecule has 0 atom stereocenters. The Morgan fingerprint density at radius 1 is 1.24 bits per heavy atom. The zero-order valence-corrected chi connectivity index (χ0v) is 10.9. The van der Waals surface area contributed by atoms with Crippen LogP contribution in [0, 0.1) is 6.92 Å². The van der Waals surface area contributed by atoms with Gasteiger partial charge in [-0.25, -0.2) is 14.2 Å². The molecule has 106 valence electrons. The summed E-state index contributed by atoms with van der Waals surface area (Å²) in [5, 5.41) is 9.06. The molecule has 2 heterocycles. The highest BCUT2D eigenvalue weighted by atomic mass is 16.4. The minimum Gasteiger partial charge on any atom is -0.478 e. The average molecular weight is 286 g/mol. The molecule has 2 aromatic heterocycles. The first-order chi connectivity index (χ1) is 10.0. The van der Waals surface area contributed by atoms with Gasteiger partial charge in [-0.15, -0.1) is 0 Å². The second kappa shape index (κ2) is 4.48. The second-order valence-electron chi connectivity index (χ2n) is 4.45. The maximum absolute atomic E-state index is 12.5. The van der Waals surface area contributed by atoms with Gasteiger partial charge in [-0.3, -0.25) is 9.78 Å². The van der Waals surface area contributed by atoms with Crippen molar-refractivity contribution in [3.8, 4) is 5.69 Å². The van der Waals surface area contributed by atoms with Gasteiger partial charge >= 0.3 is 11.7 Å². The first-order valence-corrected chi connectivity index (χ1v) is 6.08. The number of fused-ring (bicyclic) bond motifs is 1. The van der Waals surface area contributed by atoms with E-state index >= 15 is 0 Å². The van der Waals surface area contributed by atoms with E-state index in [0.717, 1.165) is 4.57 Å². The molecule has 0 saturated heterocycles. The summed E-state index contributed by atoms with van der Waals surface area (Å²) in [6.07, 6.45) is 0. The number of aromatic nitrogens is 2. The SMILES string of the molecule is Cc1oc2[nH]c(=O)n(-c3ccccc3)c(=O)c2c1C(=O)O. The maximum Gasteiger partial charge on any atom is 0.340 e. The van der Waals surface area contributed by atoms with E-state index in [1.165, 1.54) is 6.92 Å². The first kappa shape index (κ1) is 12.9. The molecule has 7 nitrogen and oxygen atoms in total. The highest BCUT2D eigenvalue weighted by Crippen LogP contribution is 2.20. The molecule has 0 bridgehead atoms. The standard InChI is InChI=1S/C14H10N2O5/c1-7-9(13(18)19)10-11(21-7)15-14(20)16(12(10)17)8-5-3-2-4-6-8/h2-6H,1H3,(H,15,20)(H,18,19). The predicted octanol–water partition coefficient (Wildman–Crippen LogP) is 1.28. The molecule has 0 unspecified atom stereocenters. The molecule has 3 aromatic rings. The van der Waals surface area contributed by atoms with Gasteiger partial charge in [0.25, 0.3) is 5.56 Å². The van der Waals surface area contributed by atoms with Crippen LogP contribution in [0.5, 0.6) is 0 Å². The minimum absolute atomic E-state index is 0.0658. The van der Waals surface area contributed by atoms with Crippen molar-refractivity contribution in [3.05, 3.63) is 62.5 Å². The lowest BCUT2D eigenvalue weighted by molar-refractivity contribution is 0.0697. The van der Waals surface area contributed by atoms with Crippen molar-refractivity contribution >= 4 is 17.1 Å². The number of rotatable bonds is 2. The zero-order valence-electron chi connectivity index (χ0n) is 10.9. The molecule has 7 heteroatoms. The first-order valence-electron chi connectivity index (χ1n) is 6.08. The van der Waals surface area contributed by atoms with E-state index in [4.69, 9.17) is 4.42 Å². The monoisotopic (exact) mass is 286 g/mol. The quantitative estimate of drug-likeness (QED) is 0.738. The lowest BCUT2D eigenvalue weighted by Gasteiger charge is -2.03. The fraction of sp³-hybridized carbons (Fsp3) is 0.0714. The topological polar surface area (TPSA) is 105 Å². The van der Waals surface area contributed by atoms with Crippen LogP contribution < -0.4 is 11.2 Å². The Balaban J connectivity index is 2.49. The number of benzene rings is 1. The van der Waals surface area contributed by atoms with Crippen LogP contribution in [0.15, 0.2) is 44.3 Å². The summed E-state index contributed by atoms with van der Waals surface area (Å²) in [6.45, 7) is 1.42. The number of nitrogens with one attached hydrogen (secondary N) is 1.